The molecule has 0 fully saturated rings. The topological polar surface area (TPSA) is 102 Å². The Morgan fingerprint density at radius 1 is 1.11 bits per heavy atom. The van der Waals surface area contributed by atoms with E-state index < -0.39 is 23.2 Å². The molecule has 0 unspecified atom stereocenters. The van der Waals surface area contributed by atoms with E-state index in [-0.39, 0.29) is 18.2 Å². The molecule has 0 saturated carbocycles. The maximum absolute atomic E-state index is 13.4. The maximum Gasteiger partial charge on any atom is 0.417 e. The third-order valence-electron chi connectivity index (χ3n) is 5.20. The van der Waals surface area contributed by atoms with Crippen molar-refractivity contribution in [3.8, 4) is 5.69 Å². The summed E-state index contributed by atoms with van der Waals surface area (Å²) < 4.78 is 41.8. The van der Waals surface area contributed by atoms with Crippen LogP contribution in [0.15, 0.2) is 59.2 Å². The van der Waals surface area contributed by atoms with Gasteiger partial charge in [0, 0.05) is 11.6 Å². The van der Waals surface area contributed by atoms with Crippen LogP contribution in [0.2, 0.25) is 0 Å². The number of nitrogens with one attached hydrogen (secondary N) is 2. The smallest absolute Gasteiger partial charge is 0.345 e. The first-order chi connectivity index (χ1) is 17.6. The molecule has 0 spiro atoms. The van der Waals surface area contributed by atoms with Gasteiger partial charge in [0.1, 0.15) is 0 Å². The van der Waals surface area contributed by atoms with Gasteiger partial charge < -0.3 is 10.6 Å². The van der Waals surface area contributed by atoms with Crippen LogP contribution in [0.1, 0.15) is 32.9 Å². The molecule has 0 aliphatic carbocycles. The van der Waals surface area contributed by atoms with E-state index in [4.69, 9.17) is 0 Å². The highest BCUT2D eigenvalue weighted by atomic mass is 32.2. The normalized spacial score (nSPS) is 11.4. The summed E-state index contributed by atoms with van der Waals surface area (Å²) in [5, 5.41) is 16.2. The van der Waals surface area contributed by atoms with Crippen LogP contribution in [0.25, 0.3) is 5.69 Å². The first-order valence-corrected chi connectivity index (χ1v) is 12.8. The largest absolute Gasteiger partial charge is 0.417 e. The van der Waals surface area contributed by atoms with Crippen molar-refractivity contribution in [2.75, 3.05) is 11.1 Å². The summed E-state index contributed by atoms with van der Waals surface area (Å²) in [5.74, 6) is -0.850. The van der Waals surface area contributed by atoms with E-state index in [1.165, 1.54) is 23.5 Å². The first-order valence-electron chi connectivity index (χ1n) is 10.9. The van der Waals surface area contributed by atoms with E-state index in [2.05, 4.69) is 25.8 Å². The third-order valence-corrected chi connectivity index (χ3v) is 6.82. The molecule has 2 N–H and O–H groups in total. The highest BCUT2D eigenvalue weighted by molar-refractivity contribution is 7.99. The second-order valence-electron chi connectivity index (χ2n) is 7.92. The van der Waals surface area contributed by atoms with Crippen molar-refractivity contribution < 1.29 is 22.8 Å². The van der Waals surface area contributed by atoms with Gasteiger partial charge in [-0.2, -0.15) is 13.2 Å². The number of alkyl halides is 3. The lowest BCUT2D eigenvalue weighted by molar-refractivity contribution is -0.138. The van der Waals surface area contributed by atoms with Crippen molar-refractivity contribution in [1.29, 1.82) is 0 Å². The van der Waals surface area contributed by atoms with Crippen molar-refractivity contribution in [3.63, 3.8) is 0 Å². The zero-order valence-electron chi connectivity index (χ0n) is 19.7. The molecule has 0 atom stereocenters. The Balaban J connectivity index is 1.58. The van der Waals surface area contributed by atoms with Gasteiger partial charge in [-0.25, -0.2) is 4.98 Å². The van der Waals surface area contributed by atoms with Crippen LogP contribution in [0.5, 0.6) is 0 Å². The summed E-state index contributed by atoms with van der Waals surface area (Å²) in [5.41, 5.74) is 1.07. The zero-order chi connectivity index (χ0) is 26.6. The number of hydrogen-bond acceptors (Lipinski definition) is 7. The molecule has 4 rings (SSSR count). The summed E-state index contributed by atoms with van der Waals surface area (Å²) in [6.07, 6.45) is -3.09. The molecule has 0 aliphatic rings. The fraction of sp³-hybridized carbons (Fsp3) is 0.208. The number of halogens is 3. The van der Waals surface area contributed by atoms with Crippen molar-refractivity contribution in [2.24, 2.45) is 0 Å². The summed E-state index contributed by atoms with van der Waals surface area (Å²) in [4.78, 5) is 29.1. The minimum atomic E-state index is -4.67. The van der Waals surface area contributed by atoms with Crippen LogP contribution in [0.4, 0.5) is 18.3 Å². The molecule has 0 saturated heterocycles. The van der Waals surface area contributed by atoms with E-state index in [0.29, 0.717) is 16.1 Å². The second kappa shape index (κ2) is 11.1. The monoisotopic (exact) mass is 546 g/mol. The van der Waals surface area contributed by atoms with Gasteiger partial charge >= 0.3 is 6.18 Å². The Bertz CT molecular complexity index is 1420. The standard InChI is InChI=1S/C24H21F3N6O2S2/c1-14-7-8-15(2)18(11-14)33-19(12-29-21(35)16-5-3-4-6-17(16)24(25,26)27)31-32-23(33)37-13-20(34)30-22-28-9-10-36-22/h3-11H,12-13H2,1-2H3,(H,29,35)(H,28,30,34). The number of thioether (sulfide) groups is 1. The zero-order valence-corrected chi connectivity index (χ0v) is 21.3. The molecule has 0 bridgehead atoms. The minimum Gasteiger partial charge on any atom is -0.345 e. The van der Waals surface area contributed by atoms with Crippen LogP contribution in [-0.4, -0.2) is 37.3 Å². The lowest BCUT2D eigenvalue weighted by atomic mass is 10.1. The minimum absolute atomic E-state index is 0.0217. The highest BCUT2D eigenvalue weighted by Gasteiger charge is 2.34. The van der Waals surface area contributed by atoms with Crippen LogP contribution < -0.4 is 10.6 Å². The fourth-order valence-electron chi connectivity index (χ4n) is 3.46. The van der Waals surface area contributed by atoms with Gasteiger partial charge in [-0.3, -0.25) is 14.2 Å². The average molecular weight is 547 g/mol. The number of carbonyl (C=O) groups excluding carboxylic acids is 2. The van der Waals surface area contributed by atoms with E-state index in [1.807, 2.05) is 32.0 Å². The number of hydrogen-bond donors (Lipinski definition) is 2. The molecule has 4 aromatic rings. The predicted molar refractivity (Wildman–Crippen MR) is 135 cm³/mol. The molecule has 2 aromatic heterocycles. The second-order valence-corrected chi connectivity index (χ2v) is 9.76. The number of nitrogens with zero attached hydrogens (tertiary/aromatic N) is 4. The molecular formula is C24H21F3N6O2S2. The number of anilines is 1. The number of benzene rings is 2. The van der Waals surface area contributed by atoms with Crippen LogP contribution in [0.3, 0.4) is 0 Å². The Hall–Kier alpha value is -3.71. The summed E-state index contributed by atoms with van der Waals surface area (Å²) in [7, 11) is 0. The Labute approximate surface area is 218 Å². The summed E-state index contributed by atoms with van der Waals surface area (Å²) in [6, 6.07) is 10.3. The predicted octanol–water partition coefficient (Wildman–Crippen LogP) is 5.02. The van der Waals surface area contributed by atoms with Crippen LogP contribution >= 0.6 is 23.1 Å². The third kappa shape index (κ3) is 6.35. The lowest BCUT2D eigenvalue weighted by Crippen LogP contribution is -2.27. The fourth-order valence-corrected chi connectivity index (χ4v) is 4.77. The average Bonchev–Trinajstić information content (AvgIpc) is 3.52. The number of aromatic nitrogens is 4. The number of thiazole rings is 1. The van der Waals surface area contributed by atoms with E-state index in [9.17, 15) is 22.8 Å². The maximum atomic E-state index is 13.4. The molecule has 0 aliphatic heterocycles. The molecule has 0 radical (unpaired) electrons. The molecule has 8 nitrogen and oxygen atoms in total. The van der Waals surface area contributed by atoms with Gasteiger partial charge in [0.25, 0.3) is 5.91 Å². The van der Waals surface area contributed by atoms with Gasteiger partial charge in [0.15, 0.2) is 16.1 Å². The van der Waals surface area contributed by atoms with Gasteiger partial charge in [-0.1, -0.05) is 36.0 Å². The molecule has 2 aromatic carbocycles. The first kappa shape index (κ1) is 26.4. The van der Waals surface area contributed by atoms with Crippen molar-refractivity contribution in [1.82, 2.24) is 25.1 Å². The van der Waals surface area contributed by atoms with Crippen LogP contribution in [-0.2, 0) is 17.5 Å². The Kier molecular flexibility index (Phi) is 7.93. The molecular weight excluding hydrogens is 525 g/mol. The van der Waals surface area contributed by atoms with E-state index >= 15 is 0 Å². The number of aryl methyl sites for hydroxylation is 2. The van der Waals surface area contributed by atoms with Crippen molar-refractivity contribution >= 4 is 40.0 Å². The van der Waals surface area contributed by atoms with Gasteiger partial charge in [-0.05, 0) is 43.2 Å². The van der Waals surface area contributed by atoms with Crippen molar-refractivity contribution in [2.45, 2.75) is 31.7 Å². The molecule has 2 heterocycles. The van der Waals surface area contributed by atoms with E-state index in [1.54, 1.807) is 16.1 Å². The van der Waals surface area contributed by atoms with Gasteiger partial charge in [-0.15, -0.1) is 21.5 Å². The Morgan fingerprint density at radius 2 is 1.89 bits per heavy atom. The lowest BCUT2D eigenvalue weighted by Gasteiger charge is -2.15. The number of rotatable bonds is 8. The molecule has 2 amide bonds. The number of amides is 2. The highest BCUT2D eigenvalue weighted by Crippen LogP contribution is 2.32. The molecule has 13 heteroatoms. The Morgan fingerprint density at radius 3 is 2.62 bits per heavy atom. The SMILES string of the molecule is Cc1ccc(C)c(-n2c(CNC(=O)c3ccccc3C(F)(F)F)nnc2SCC(=O)Nc2nccs2)c1. The number of carbonyl (C=O) groups is 2. The summed E-state index contributed by atoms with van der Waals surface area (Å²) >= 11 is 2.43. The van der Waals surface area contributed by atoms with Gasteiger partial charge in [0.05, 0.1) is 29.1 Å². The van der Waals surface area contributed by atoms with Crippen molar-refractivity contribution in [3.05, 3.63) is 82.1 Å². The molecule has 192 valence electrons. The van der Waals surface area contributed by atoms with Gasteiger partial charge in [0.2, 0.25) is 5.91 Å². The quantitative estimate of drug-likeness (QED) is 0.301. The summed E-state index contributed by atoms with van der Waals surface area (Å²) in [6.45, 7) is 3.62. The molecule has 37 heavy (non-hydrogen) atoms. The van der Waals surface area contributed by atoms with E-state index in [0.717, 1.165) is 40.7 Å². The van der Waals surface area contributed by atoms with Crippen LogP contribution in [0, 0.1) is 13.8 Å².